The van der Waals surface area contributed by atoms with Crippen molar-refractivity contribution in [2.75, 3.05) is 13.2 Å². The molecule has 0 aliphatic heterocycles. The first kappa shape index (κ1) is 14.9. The van der Waals surface area contributed by atoms with Crippen molar-refractivity contribution in [3.8, 4) is 0 Å². The van der Waals surface area contributed by atoms with Gasteiger partial charge in [-0.15, -0.1) is 0 Å². The quantitative estimate of drug-likeness (QED) is 0.627. The minimum absolute atomic E-state index is 0.359. The first-order valence-corrected chi connectivity index (χ1v) is 5.36. The fourth-order valence-corrected chi connectivity index (χ4v) is 0.867. The molecule has 0 atom stereocenters. The lowest BCUT2D eigenvalue weighted by atomic mass is 9.85. The van der Waals surface area contributed by atoms with Crippen molar-refractivity contribution < 1.29 is 19.5 Å². The van der Waals surface area contributed by atoms with Gasteiger partial charge >= 0.3 is 7.12 Å². The maximum atomic E-state index is 9.80. The third-order valence-electron chi connectivity index (χ3n) is 2.66. The van der Waals surface area contributed by atoms with Crippen LogP contribution in [0, 0.1) is 0 Å². The number of hydrogen-bond acceptors (Lipinski definition) is 4. The van der Waals surface area contributed by atoms with Crippen molar-refractivity contribution in [3.63, 3.8) is 0 Å². The van der Waals surface area contributed by atoms with Crippen LogP contribution in [0.15, 0.2) is 0 Å². The van der Waals surface area contributed by atoms with Gasteiger partial charge in [-0.1, -0.05) is 0 Å². The zero-order valence-electron chi connectivity index (χ0n) is 10.4. The lowest BCUT2D eigenvalue weighted by Gasteiger charge is -2.37. The Balaban J connectivity index is 3.85. The molecule has 5 heteroatoms. The minimum atomic E-state index is -0.913. The fraction of sp³-hybridized carbons (Fsp3) is 1.00. The van der Waals surface area contributed by atoms with Crippen LogP contribution in [0.3, 0.4) is 0 Å². The fourth-order valence-electron chi connectivity index (χ4n) is 0.867. The van der Waals surface area contributed by atoms with Crippen LogP contribution in [-0.2, 0) is 9.39 Å². The Kier molecular flexibility index (Phi) is 5.81. The first-order valence-electron chi connectivity index (χ1n) is 5.36. The van der Waals surface area contributed by atoms with Gasteiger partial charge < -0.3 is 19.5 Å². The maximum absolute atomic E-state index is 9.80. The van der Waals surface area contributed by atoms with Crippen molar-refractivity contribution in [3.05, 3.63) is 0 Å². The molecule has 0 heterocycles. The number of aliphatic hydroxyl groups is 1. The van der Waals surface area contributed by atoms with Gasteiger partial charge in [-0.2, -0.15) is 0 Å². The van der Waals surface area contributed by atoms with Crippen LogP contribution in [0.4, 0.5) is 0 Å². The van der Waals surface area contributed by atoms with Crippen molar-refractivity contribution in [2.24, 2.45) is 0 Å². The Labute approximate surface area is 92.7 Å². The Morgan fingerprint density at radius 3 is 2.13 bits per heavy atom. The smallest absolute Gasteiger partial charge is 0.427 e. The molecule has 0 spiro atoms. The molecule has 0 aromatic rings. The lowest BCUT2D eigenvalue weighted by Crippen LogP contribution is -2.47. The normalized spacial score (nSPS) is 13.0. The SMILES string of the molecule is CCOB(O)CCOC(C)(C)C(C)(C)O. The number of rotatable bonds is 7. The molecular weight excluding hydrogens is 195 g/mol. The molecule has 2 N–H and O–H groups in total. The first-order chi connectivity index (χ1) is 6.70. The summed E-state index contributed by atoms with van der Waals surface area (Å²) in [5.74, 6) is 0. The highest BCUT2D eigenvalue weighted by atomic mass is 16.5. The second-order valence-electron chi connectivity index (χ2n) is 4.62. The Hall–Kier alpha value is -0.0951. The molecule has 0 aliphatic carbocycles. The zero-order valence-corrected chi connectivity index (χ0v) is 10.4. The summed E-state index contributed by atoms with van der Waals surface area (Å²) in [5.41, 5.74) is -1.55. The van der Waals surface area contributed by atoms with Gasteiger partial charge in [0.05, 0.1) is 11.2 Å². The standard InChI is InChI=1S/C10H23BO4/c1-6-15-11(13)7-8-14-10(4,5)9(2,3)12/h12-13H,6-8H2,1-5H3. The monoisotopic (exact) mass is 218 g/mol. The van der Waals surface area contributed by atoms with Gasteiger partial charge in [-0.05, 0) is 34.6 Å². The molecule has 0 bridgehead atoms. The average Bonchev–Trinajstić information content (AvgIpc) is 2.01. The van der Waals surface area contributed by atoms with Gasteiger partial charge in [0.2, 0.25) is 0 Å². The van der Waals surface area contributed by atoms with Gasteiger partial charge in [0.25, 0.3) is 0 Å². The van der Waals surface area contributed by atoms with E-state index in [4.69, 9.17) is 9.39 Å². The molecular formula is C10H23BO4. The van der Waals surface area contributed by atoms with E-state index in [2.05, 4.69) is 0 Å². The van der Waals surface area contributed by atoms with Gasteiger partial charge in [-0.25, -0.2) is 0 Å². The Bertz CT molecular complexity index is 177. The highest BCUT2D eigenvalue weighted by molar-refractivity contribution is 6.42. The molecule has 90 valence electrons. The van der Waals surface area contributed by atoms with Crippen LogP contribution < -0.4 is 0 Å². The molecule has 0 saturated carbocycles. The zero-order chi connectivity index (χ0) is 12.1. The third kappa shape index (κ3) is 5.51. The van der Waals surface area contributed by atoms with Crippen molar-refractivity contribution in [1.29, 1.82) is 0 Å². The van der Waals surface area contributed by atoms with Crippen LogP contribution in [0.25, 0.3) is 0 Å². The molecule has 0 aromatic heterocycles. The summed E-state index contributed by atoms with van der Waals surface area (Å²) >= 11 is 0. The third-order valence-corrected chi connectivity index (χ3v) is 2.66. The predicted octanol–water partition coefficient (Wildman–Crippen LogP) is 1.07. The van der Waals surface area contributed by atoms with E-state index in [1.165, 1.54) is 0 Å². The van der Waals surface area contributed by atoms with Crippen LogP contribution in [0.2, 0.25) is 6.32 Å². The molecule has 0 aliphatic rings. The highest BCUT2D eigenvalue weighted by Crippen LogP contribution is 2.25. The van der Waals surface area contributed by atoms with Gasteiger partial charge in [0.1, 0.15) is 0 Å². The largest absolute Gasteiger partial charge is 0.456 e. The molecule has 0 fully saturated rings. The molecule has 0 saturated heterocycles. The number of hydrogen-bond donors (Lipinski definition) is 2. The van der Waals surface area contributed by atoms with Gasteiger partial charge in [0.15, 0.2) is 0 Å². The van der Waals surface area contributed by atoms with Crippen LogP contribution in [0.1, 0.15) is 34.6 Å². The van der Waals surface area contributed by atoms with Crippen LogP contribution >= 0.6 is 0 Å². The van der Waals surface area contributed by atoms with E-state index in [-0.39, 0.29) is 0 Å². The molecule has 0 radical (unpaired) electrons. The molecule has 15 heavy (non-hydrogen) atoms. The summed E-state index contributed by atoms with van der Waals surface area (Å²) in [7, 11) is -0.785. The second-order valence-corrected chi connectivity index (χ2v) is 4.62. The van der Waals surface area contributed by atoms with E-state index in [1.807, 2.05) is 20.8 Å². The van der Waals surface area contributed by atoms with E-state index < -0.39 is 18.3 Å². The lowest BCUT2D eigenvalue weighted by molar-refractivity contribution is -0.144. The minimum Gasteiger partial charge on any atom is -0.427 e. The Morgan fingerprint density at radius 2 is 1.73 bits per heavy atom. The van der Waals surface area contributed by atoms with Crippen molar-refractivity contribution in [1.82, 2.24) is 0 Å². The van der Waals surface area contributed by atoms with E-state index in [1.54, 1.807) is 13.8 Å². The highest BCUT2D eigenvalue weighted by Gasteiger charge is 2.36. The maximum Gasteiger partial charge on any atom is 0.456 e. The topological polar surface area (TPSA) is 58.9 Å². The Morgan fingerprint density at radius 1 is 1.20 bits per heavy atom. The summed E-state index contributed by atoms with van der Waals surface area (Å²) in [6.07, 6.45) is 0.410. The molecule has 0 rings (SSSR count). The summed E-state index contributed by atoms with van der Waals surface area (Å²) in [4.78, 5) is 0. The van der Waals surface area contributed by atoms with E-state index >= 15 is 0 Å². The van der Waals surface area contributed by atoms with Gasteiger partial charge in [-0.3, -0.25) is 0 Å². The van der Waals surface area contributed by atoms with Crippen molar-refractivity contribution in [2.45, 2.75) is 52.1 Å². The molecule has 0 aromatic carbocycles. The summed E-state index contributed by atoms with van der Waals surface area (Å²) in [6, 6.07) is 0. The summed E-state index contributed by atoms with van der Waals surface area (Å²) in [5, 5.41) is 19.1. The summed E-state index contributed by atoms with van der Waals surface area (Å²) in [6.45, 7) is 9.71. The van der Waals surface area contributed by atoms with E-state index in [0.717, 1.165) is 0 Å². The predicted molar refractivity (Wildman–Crippen MR) is 60.7 cm³/mol. The molecule has 0 unspecified atom stereocenters. The van der Waals surface area contributed by atoms with Crippen LogP contribution in [-0.4, -0.2) is 41.7 Å². The van der Waals surface area contributed by atoms with Gasteiger partial charge in [0, 0.05) is 19.5 Å². The summed E-state index contributed by atoms with van der Waals surface area (Å²) < 4.78 is 10.5. The molecule has 0 amide bonds. The van der Waals surface area contributed by atoms with E-state index in [9.17, 15) is 10.1 Å². The van der Waals surface area contributed by atoms with Crippen molar-refractivity contribution >= 4 is 7.12 Å². The van der Waals surface area contributed by atoms with Crippen LogP contribution in [0.5, 0.6) is 0 Å². The second kappa shape index (κ2) is 5.84. The molecule has 4 nitrogen and oxygen atoms in total. The average molecular weight is 218 g/mol. The number of ether oxygens (including phenoxy) is 1. The van der Waals surface area contributed by atoms with E-state index in [0.29, 0.717) is 19.5 Å².